The summed E-state index contributed by atoms with van der Waals surface area (Å²) in [7, 11) is 0. The van der Waals surface area contributed by atoms with Crippen LogP contribution in [0.15, 0.2) is 24.3 Å². The molecule has 0 bridgehead atoms. The van der Waals surface area contributed by atoms with Gasteiger partial charge in [0, 0.05) is 12.3 Å². The van der Waals surface area contributed by atoms with E-state index in [9.17, 15) is 4.79 Å². The lowest BCUT2D eigenvalue weighted by Crippen LogP contribution is -1.98. The summed E-state index contributed by atoms with van der Waals surface area (Å²) in [5.41, 5.74) is 7.43. The molecule has 0 aliphatic carbocycles. The summed E-state index contributed by atoms with van der Waals surface area (Å²) in [6, 6.07) is 7.76. The molecule has 3 aromatic rings. The number of esters is 1. The third-order valence-corrected chi connectivity index (χ3v) is 3.76. The number of nitrogens with two attached hydrogens (primary N) is 1. The van der Waals surface area contributed by atoms with Crippen LogP contribution in [-0.4, -0.2) is 15.9 Å². The molecule has 0 saturated heterocycles. The van der Waals surface area contributed by atoms with Crippen LogP contribution in [0.5, 0.6) is 0 Å². The van der Waals surface area contributed by atoms with Gasteiger partial charge in [0.05, 0.1) is 10.2 Å². The predicted molar refractivity (Wildman–Crippen MR) is 74.8 cm³/mol. The zero-order valence-corrected chi connectivity index (χ0v) is 11.0. The Morgan fingerprint density at radius 3 is 2.95 bits per heavy atom. The Morgan fingerprint density at radius 1 is 1.37 bits per heavy atom. The van der Waals surface area contributed by atoms with Crippen LogP contribution in [0.25, 0.3) is 21.1 Å². The summed E-state index contributed by atoms with van der Waals surface area (Å²) in [5.74, 6) is 0.0780. The van der Waals surface area contributed by atoms with E-state index < -0.39 is 0 Å². The van der Waals surface area contributed by atoms with E-state index in [1.165, 1.54) is 18.3 Å². The van der Waals surface area contributed by atoms with Gasteiger partial charge >= 0.3 is 5.97 Å². The van der Waals surface area contributed by atoms with Crippen LogP contribution >= 0.6 is 11.3 Å². The molecular formula is C13H11N3O2S. The minimum absolute atomic E-state index is 0.169. The number of para-hydroxylation sites is 1. The van der Waals surface area contributed by atoms with Gasteiger partial charge in [0.1, 0.15) is 17.1 Å². The number of rotatable bonds is 2. The molecule has 1 aromatic carbocycles. The number of ether oxygens (including phenoxy) is 1. The number of thiazole rings is 1. The quantitative estimate of drug-likeness (QED) is 0.726. The number of fused-ring (bicyclic) bond motifs is 3. The SMILES string of the molecule is CC(=O)OCc1nc2c(N)nc3ccccc3c2s1. The van der Waals surface area contributed by atoms with E-state index in [-0.39, 0.29) is 12.6 Å². The van der Waals surface area contributed by atoms with Gasteiger partial charge in [-0.3, -0.25) is 4.79 Å². The van der Waals surface area contributed by atoms with E-state index in [0.29, 0.717) is 11.3 Å². The van der Waals surface area contributed by atoms with Gasteiger partial charge in [-0.05, 0) is 6.07 Å². The lowest BCUT2D eigenvalue weighted by atomic mass is 10.2. The molecule has 19 heavy (non-hydrogen) atoms. The number of nitrogens with zero attached hydrogens (tertiary/aromatic N) is 2. The molecule has 3 rings (SSSR count). The van der Waals surface area contributed by atoms with Gasteiger partial charge in [-0.15, -0.1) is 11.3 Å². The Kier molecular flexibility index (Phi) is 2.79. The van der Waals surface area contributed by atoms with Crippen LogP contribution < -0.4 is 5.73 Å². The first-order valence-corrected chi connectivity index (χ1v) is 6.54. The molecule has 0 radical (unpaired) electrons. The third kappa shape index (κ3) is 2.10. The molecular weight excluding hydrogens is 262 g/mol. The third-order valence-electron chi connectivity index (χ3n) is 2.70. The van der Waals surface area contributed by atoms with Crippen molar-refractivity contribution < 1.29 is 9.53 Å². The fourth-order valence-electron chi connectivity index (χ4n) is 1.89. The number of hydrogen-bond acceptors (Lipinski definition) is 6. The van der Waals surface area contributed by atoms with Crippen molar-refractivity contribution >= 4 is 44.2 Å². The fourth-order valence-corrected chi connectivity index (χ4v) is 2.91. The van der Waals surface area contributed by atoms with Gasteiger partial charge in [-0.2, -0.15) is 0 Å². The van der Waals surface area contributed by atoms with Crippen molar-refractivity contribution in [3.8, 4) is 0 Å². The highest BCUT2D eigenvalue weighted by Crippen LogP contribution is 2.32. The fraction of sp³-hybridized carbons (Fsp3) is 0.154. The van der Waals surface area contributed by atoms with E-state index in [1.54, 1.807) is 0 Å². The smallest absolute Gasteiger partial charge is 0.303 e. The standard InChI is InChI=1S/C13H11N3O2S/c1-7(17)18-6-10-16-11-12(19-10)8-4-2-3-5-9(8)15-13(11)14/h2-5H,6H2,1H3,(H2,14,15). The van der Waals surface area contributed by atoms with Crippen molar-refractivity contribution in [2.45, 2.75) is 13.5 Å². The number of carbonyl (C=O) groups excluding carboxylic acids is 1. The molecule has 2 aromatic heterocycles. The average Bonchev–Trinajstić information content (AvgIpc) is 2.81. The number of carbonyl (C=O) groups is 1. The second-order valence-electron chi connectivity index (χ2n) is 4.08. The van der Waals surface area contributed by atoms with Gasteiger partial charge < -0.3 is 10.5 Å². The predicted octanol–water partition coefficient (Wildman–Crippen LogP) is 2.49. The highest BCUT2D eigenvalue weighted by molar-refractivity contribution is 7.19. The van der Waals surface area contributed by atoms with E-state index in [0.717, 1.165) is 20.6 Å². The summed E-state index contributed by atoms with van der Waals surface area (Å²) in [5, 5.41) is 1.73. The Morgan fingerprint density at radius 2 is 2.16 bits per heavy atom. The van der Waals surface area contributed by atoms with Crippen LogP contribution in [0, 0.1) is 0 Å². The molecule has 0 unspecified atom stereocenters. The van der Waals surface area contributed by atoms with Crippen molar-refractivity contribution in [3.63, 3.8) is 0 Å². The van der Waals surface area contributed by atoms with E-state index >= 15 is 0 Å². The Hall–Kier alpha value is -2.21. The highest BCUT2D eigenvalue weighted by Gasteiger charge is 2.12. The number of hydrogen-bond donors (Lipinski definition) is 1. The maximum atomic E-state index is 10.8. The van der Waals surface area contributed by atoms with Crippen LogP contribution in [0.3, 0.4) is 0 Å². The van der Waals surface area contributed by atoms with Crippen molar-refractivity contribution in [2.24, 2.45) is 0 Å². The van der Waals surface area contributed by atoms with Gasteiger partial charge in [0.2, 0.25) is 0 Å². The van der Waals surface area contributed by atoms with Crippen LogP contribution in [-0.2, 0) is 16.1 Å². The topological polar surface area (TPSA) is 78.1 Å². The molecule has 2 heterocycles. The molecule has 0 fully saturated rings. The minimum atomic E-state index is -0.324. The Bertz CT molecular complexity index is 782. The lowest BCUT2D eigenvalue weighted by molar-refractivity contribution is -0.142. The van der Waals surface area contributed by atoms with Crippen molar-refractivity contribution in [2.75, 3.05) is 5.73 Å². The Balaban J connectivity index is 2.18. The van der Waals surface area contributed by atoms with Gasteiger partial charge in [0.25, 0.3) is 0 Å². The molecule has 0 atom stereocenters. The number of aromatic nitrogens is 2. The second-order valence-corrected chi connectivity index (χ2v) is 5.16. The molecule has 0 amide bonds. The molecule has 0 saturated carbocycles. The van der Waals surface area contributed by atoms with Crippen molar-refractivity contribution in [1.29, 1.82) is 0 Å². The summed E-state index contributed by atoms with van der Waals surface area (Å²) < 4.78 is 5.93. The van der Waals surface area contributed by atoms with E-state index in [1.807, 2.05) is 24.3 Å². The zero-order valence-electron chi connectivity index (χ0n) is 10.2. The van der Waals surface area contributed by atoms with E-state index in [4.69, 9.17) is 10.5 Å². The van der Waals surface area contributed by atoms with Crippen molar-refractivity contribution in [1.82, 2.24) is 9.97 Å². The van der Waals surface area contributed by atoms with Crippen LogP contribution in [0.2, 0.25) is 0 Å². The van der Waals surface area contributed by atoms with Gasteiger partial charge in [-0.1, -0.05) is 18.2 Å². The molecule has 96 valence electrons. The van der Waals surface area contributed by atoms with Gasteiger partial charge in [0.15, 0.2) is 5.82 Å². The first kappa shape index (κ1) is 11.9. The molecule has 0 aliphatic heterocycles. The summed E-state index contributed by atoms with van der Waals surface area (Å²) in [4.78, 5) is 19.5. The average molecular weight is 273 g/mol. The maximum Gasteiger partial charge on any atom is 0.303 e. The summed E-state index contributed by atoms with van der Waals surface area (Å²) in [6.45, 7) is 1.54. The van der Waals surface area contributed by atoms with Gasteiger partial charge in [-0.25, -0.2) is 9.97 Å². The van der Waals surface area contributed by atoms with Crippen LogP contribution in [0.1, 0.15) is 11.9 Å². The molecule has 2 N–H and O–H groups in total. The molecule has 0 spiro atoms. The zero-order chi connectivity index (χ0) is 13.4. The largest absolute Gasteiger partial charge is 0.458 e. The number of anilines is 1. The van der Waals surface area contributed by atoms with Crippen molar-refractivity contribution in [3.05, 3.63) is 29.3 Å². The normalized spacial score (nSPS) is 11.0. The lowest BCUT2D eigenvalue weighted by Gasteiger charge is -1.99. The highest BCUT2D eigenvalue weighted by atomic mass is 32.1. The second kappa shape index (κ2) is 4.47. The Labute approximate surface area is 113 Å². The minimum Gasteiger partial charge on any atom is -0.458 e. The first-order valence-electron chi connectivity index (χ1n) is 5.72. The molecule has 6 heteroatoms. The molecule has 5 nitrogen and oxygen atoms in total. The maximum absolute atomic E-state index is 10.8. The van der Waals surface area contributed by atoms with Crippen LogP contribution in [0.4, 0.5) is 5.82 Å². The number of nitrogen functional groups attached to an aromatic ring is 1. The van der Waals surface area contributed by atoms with E-state index in [2.05, 4.69) is 9.97 Å². The molecule has 0 aliphatic rings. The monoisotopic (exact) mass is 273 g/mol. The number of pyridine rings is 1. The number of benzene rings is 1. The summed E-state index contributed by atoms with van der Waals surface area (Å²) in [6.07, 6.45) is 0. The first-order chi connectivity index (χ1) is 9.15. The summed E-state index contributed by atoms with van der Waals surface area (Å²) >= 11 is 1.47.